The van der Waals surface area contributed by atoms with Crippen LogP contribution in [0.3, 0.4) is 0 Å². The second-order valence-corrected chi connectivity index (χ2v) is 4.11. The monoisotopic (exact) mass is 205 g/mol. The minimum Gasteiger partial charge on any atom is -0.367 e. The Labute approximate surface area is 91.5 Å². The Bertz CT molecular complexity index is 284. The van der Waals surface area contributed by atoms with Crippen LogP contribution in [-0.4, -0.2) is 31.2 Å². The number of aromatic nitrogens is 1. The summed E-state index contributed by atoms with van der Waals surface area (Å²) in [5, 5.41) is 3.28. The highest BCUT2D eigenvalue weighted by Gasteiger charge is 2.21. The Morgan fingerprint density at radius 1 is 1.40 bits per heavy atom. The van der Waals surface area contributed by atoms with Crippen molar-refractivity contribution < 1.29 is 0 Å². The van der Waals surface area contributed by atoms with Gasteiger partial charge in [0.05, 0.1) is 0 Å². The normalized spacial score (nSPS) is 21.7. The van der Waals surface area contributed by atoms with Crippen molar-refractivity contribution in [3.8, 4) is 0 Å². The molecule has 3 nitrogen and oxygen atoms in total. The van der Waals surface area contributed by atoms with Gasteiger partial charge in [0.2, 0.25) is 0 Å². The van der Waals surface area contributed by atoms with Crippen LogP contribution in [-0.2, 0) is 0 Å². The highest BCUT2D eigenvalue weighted by Crippen LogP contribution is 2.23. The smallest absolute Gasteiger partial charge is 0.0414 e. The zero-order valence-corrected chi connectivity index (χ0v) is 9.32. The van der Waals surface area contributed by atoms with Gasteiger partial charge >= 0.3 is 0 Å². The number of nitrogens with one attached hydrogen (secondary N) is 1. The molecule has 1 aromatic heterocycles. The Kier molecular flexibility index (Phi) is 3.56. The predicted octanol–water partition coefficient (Wildman–Crippen LogP) is 1.66. The molecule has 0 radical (unpaired) electrons. The number of pyridine rings is 1. The number of hydrogen-bond donors (Lipinski definition) is 1. The van der Waals surface area contributed by atoms with Crippen molar-refractivity contribution in [1.82, 2.24) is 10.3 Å². The standard InChI is InChI=1S/C12H19N3/c1-13-10-12-4-2-3-9-15(12)11-5-7-14-8-6-11/h5-8,12-13H,2-4,9-10H2,1H3. The van der Waals surface area contributed by atoms with Gasteiger partial charge in [0.25, 0.3) is 0 Å². The van der Waals surface area contributed by atoms with Crippen molar-refractivity contribution in [3.05, 3.63) is 24.5 Å². The Balaban J connectivity index is 2.11. The van der Waals surface area contributed by atoms with Crippen LogP contribution >= 0.6 is 0 Å². The molecule has 1 unspecified atom stereocenters. The summed E-state index contributed by atoms with van der Waals surface area (Å²) >= 11 is 0. The second-order valence-electron chi connectivity index (χ2n) is 4.11. The van der Waals surface area contributed by atoms with Gasteiger partial charge in [-0.05, 0) is 38.4 Å². The van der Waals surface area contributed by atoms with Gasteiger partial charge in [-0.25, -0.2) is 0 Å². The first kappa shape index (κ1) is 10.4. The molecule has 3 heteroatoms. The van der Waals surface area contributed by atoms with E-state index in [1.165, 1.54) is 31.5 Å². The Hall–Kier alpha value is -1.09. The lowest BCUT2D eigenvalue weighted by Crippen LogP contribution is -2.44. The molecule has 2 heterocycles. The van der Waals surface area contributed by atoms with Crippen molar-refractivity contribution in [2.45, 2.75) is 25.3 Å². The van der Waals surface area contributed by atoms with Crippen molar-refractivity contribution in [3.63, 3.8) is 0 Å². The first-order chi connectivity index (χ1) is 7.42. The third kappa shape index (κ3) is 2.48. The summed E-state index contributed by atoms with van der Waals surface area (Å²) in [5.74, 6) is 0. The van der Waals surface area contributed by atoms with Gasteiger partial charge in [0.1, 0.15) is 0 Å². The molecule has 1 aromatic rings. The largest absolute Gasteiger partial charge is 0.367 e. The molecule has 0 bridgehead atoms. The Morgan fingerprint density at radius 2 is 2.20 bits per heavy atom. The van der Waals surface area contributed by atoms with Crippen LogP contribution in [0.15, 0.2) is 24.5 Å². The molecule has 1 fully saturated rings. The summed E-state index contributed by atoms with van der Waals surface area (Å²) in [6, 6.07) is 4.85. The van der Waals surface area contributed by atoms with Crippen LogP contribution < -0.4 is 10.2 Å². The van der Waals surface area contributed by atoms with Gasteiger partial charge in [-0.2, -0.15) is 0 Å². The highest BCUT2D eigenvalue weighted by atomic mass is 15.2. The van der Waals surface area contributed by atoms with Crippen molar-refractivity contribution in [2.75, 3.05) is 25.0 Å². The fourth-order valence-corrected chi connectivity index (χ4v) is 2.32. The average molecular weight is 205 g/mol. The maximum atomic E-state index is 4.07. The first-order valence-electron chi connectivity index (χ1n) is 5.73. The lowest BCUT2D eigenvalue weighted by Gasteiger charge is -2.37. The summed E-state index contributed by atoms with van der Waals surface area (Å²) in [6.45, 7) is 2.25. The molecular weight excluding hydrogens is 186 g/mol. The van der Waals surface area contributed by atoms with Gasteiger partial charge in [0.15, 0.2) is 0 Å². The molecule has 1 aliphatic rings. The number of anilines is 1. The van der Waals surface area contributed by atoms with E-state index in [1.54, 1.807) is 0 Å². The summed E-state index contributed by atoms with van der Waals surface area (Å²) in [4.78, 5) is 6.57. The molecular formula is C12H19N3. The van der Waals surface area contributed by atoms with Crippen molar-refractivity contribution in [2.24, 2.45) is 0 Å². The van der Waals surface area contributed by atoms with Crippen LogP contribution in [0.4, 0.5) is 5.69 Å². The molecule has 82 valence electrons. The Morgan fingerprint density at radius 3 is 2.93 bits per heavy atom. The quantitative estimate of drug-likeness (QED) is 0.813. The second kappa shape index (κ2) is 5.12. The number of nitrogens with zero attached hydrogens (tertiary/aromatic N) is 2. The van der Waals surface area contributed by atoms with Gasteiger partial charge in [-0.3, -0.25) is 4.98 Å². The van der Waals surface area contributed by atoms with E-state index in [2.05, 4.69) is 27.3 Å². The molecule has 0 aromatic carbocycles. The topological polar surface area (TPSA) is 28.2 Å². The molecule has 1 N–H and O–H groups in total. The van der Waals surface area contributed by atoms with Crippen molar-refractivity contribution >= 4 is 5.69 Å². The van der Waals surface area contributed by atoms with Gasteiger partial charge < -0.3 is 10.2 Å². The molecule has 1 aliphatic heterocycles. The van der Waals surface area contributed by atoms with Crippen LogP contribution in [0.25, 0.3) is 0 Å². The zero-order valence-electron chi connectivity index (χ0n) is 9.32. The van der Waals surface area contributed by atoms with Crippen LogP contribution in [0.1, 0.15) is 19.3 Å². The lowest BCUT2D eigenvalue weighted by molar-refractivity contribution is 0.446. The highest BCUT2D eigenvalue weighted by molar-refractivity contribution is 5.46. The van der Waals surface area contributed by atoms with E-state index >= 15 is 0 Å². The van der Waals surface area contributed by atoms with E-state index < -0.39 is 0 Å². The molecule has 0 spiro atoms. The molecule has 1 atom stereocenters. The average Bonchev–Trinajstić information content (AvgIpc) is 2.31. The number of rotatable bonds is 3. The van der Waals surface area contributed by atoms with E-state index in [0.29, 0.717) is 6.04 Å². The first-order valence-corrected chi connectivity index (χ1v) is 5.73. The van der Waals surface area contributed by atoms with Gasteiger partial charge in [-0.1, -0.05) is 0 Å². The van der Waals surface area contributed by atoms with Crippen LogP contribution in [0, 0.1) is 0 Å². The molecule has 0 saturated carbocycles. The lowest BCUT2D eigenvalue weighted by atomic mass is 10.0. The van der Waals surface area contributed by atoms with E-state index in [9.17, 15) is 0 Å². The van der Waals surface area contributed by atoms with E-state index in [1.807, 2.05) is 19.4 Å². The maximum absolute atomic E-state index is 4.07. The minimum atomic E-state index is 0.645. The number of piperidine rings is 1. The molecule has 15 heavy (non-hydrogen) atoms. The summed E-state index contributed by atoms with van der Waals surface area (Å²) in [6.07, 6.45) is 7.71. The predicted molar refractivity (Wildman–Crippen MR) is 63.1 cm³/mol. The number of hydrogen-bond acceptors (Lipinski definition) is 3. The zero-order chi connectivity index (χ0) is 10.5. The fraction of sp³-hybridized carbons (Fsp3) is 0.583. The van der Waals surface area contributed by atoms with Gasteiger partial charge in [-0.15, -0.1) is 0 Å². The van der Waals surface area contributed by atoms with Crippen molar-refractivity contribution in [1.29, 1.82) is 0 Å². The van der Waals surface area contributed by atoms with E-state index in [0.717, 1.165) is 6.54 Å². The third-order valence-electron chi connectivity index (χ3n) is 3.06. The fourth-order valence-electron chi connectivity index (χ4n) is 2.32. The summed E-state index contributed by atoms with van der Waals surface area (Å²) in [7, 11) is 2.03. The minimum absolute atomic E-state index is 0.645. The molecule has 0 aliphatic carbocycles. The molecule has 1 saturated heterocycles. The van der Waals surface area contributed by atoms with E-state index in [-0.39, 0.29) is 0 Å². The third-order valence-corrected chi connectivity index (χ3v) is 3.06. The molecule has 2 rings (SSSR count). The van der Waals surface area contributed by atoms with Crippen LogP contribution in [0.2, 0.25) is 0 Å². The summed E-state index contributed by atoms with van der Waals surface area (Å²) in [5.41, 5.74) is 1.31. The maximum Gasteiger partial charge on any atom is 0.0414 e. The summed E-state index contributed by atoms with van der Waals surface area (Å²) < 4.78 is 0. The van der Waals surface area contributed by atoms with E-state index in [4.69, 9.17) is 0 Å². The van der Waals surface area contributed by atoms with Crippen LogP contribution in [0.5, 0.6) is 0 Å². The van der Waals surface area contributed by atoms with Gasteiger partial charge in [0, 0.05) is 37.2 Å². The number of likely N-dealkylation sites (N-methyl/N-ethyl adjacent to an activating group) is 1. The SMILES string of the molecule is CNCC1CCCCN1c1ccncc1. The molecule has 0 amide bonds.